The molecule has 1 aliphatic rings. The van der Waals surface area contributed by atoms with Crippen molar-refractivity contribution in [3.05, 3.63) is 46.2 Å². The molecule has 1 aromatic heterocycles. The fourth-order valence-electron chi connectivity index (χ4n) is 3.02. The van der Waals surface area contributed by atoms with Crippen LogP contribution in [0.4, 0.5) is 11.4 Å². The van der Waals surface area contributed by atoms with Gasteiger partial charge in [0.1, 0.15) is 5.84 Å². The molecule has 0 saturated heterocycles. The Labute approximate surface area is 152 Å². The van der Waals surface area contributed by atoms with Gasteiger partial charge in [-0.3, -0.25) is 4.79 Å². The van der Waals surface area contributed by atoms with E-state index in [9.17, 15) is 4.79 Å². The maximum atomic E-state index is 12.3. The molecule has 0 radical (unpaired) electrons. The van der Waals surface area contributed by atoms with E-state index in [1.807, 2.05) is 48.6 Å². The Balaban J connectivity index is 1.80. The van der Waals surface area contributed by atoms with E-state index in [0.29, 0.717) is 12.3 Å². The van der Waals surface area contributed by atoms with Crippen molar-refractivity contribution in [2.24, 2.45) is 10.7 Å². The fourth-order valence-corrected chi connectivity index (χ4v) is 3.65. The number of rotatable bonds is 6. The van der Waals surface area contributed by atoms with Crippen LogP contribution < -0.4 is 10.6 Å². The van der Waals surface area contributed by atoms with E-state index in [2.05, 4.69) is 16.0 Å². The zero-order valence-electron chi connectivity index (χ0n) is 14.7. The van der Waals surface area contributed by atoms with Crippen LogP contribution in [-0.4, -0.2) is 43.8 Å². The lowest BCUT2D eigenvalue weighted by atomic mass is 10.00. The van der Waals surface area contributed by atoms with Gasteiger partial charge in [0.2, 0.25) is 5.91 Å². The molecule has 0 saturated carbocycles. The molecule has 5 nitrogen and oxygen atoms in total. The quantitative estimate of drug-likeness (QED) is 0.639. The first-order chi connectivity index (χ1) is 12.0. The minimum absolute atomic E-state index is 0.209. The lowest BCUT2D eigenvalue weighted by Gasteiger charge is -2.30. The van der Waals surface area contributed by atoms with Crippen molar-refractivity contribution in [1.29, 1.82) is 0 Å². The van der Waals surface area contributed by atoms with E-state index in [-0.39, 0.29) is 5.91 Å². The van der Waals surface area contributed by atoms with Crippen LogP contribution in [0.1, 0.15) is 23.3 Å². The molecule has 132 valence electrons. The van der Waals surface area contributed by atoms with Crippen LogP contribution in [0.5, 0.6) is 0 Å². The molecule has 0 bridgehead atoms. The second-order valence-corrected chi connectivity index (χ2v) is 7.44. The maximum Gasteiger partial charge on any atom is 0.227 e. The minimum atomic E-state index is 0.209. The normalized spacial score (nSPS) is 14.9. The number of aryl methyl sites for hydroxylation is 1. The number of hydrogen-bond acceptors (Lipinski definition) is 4. The third kappa shape index (κ3) is 4.27. The molecule has 1 amide bonds. The monoisotopic (exact) mass is 356 g/mol. The molecule has 3 rings (SSSR count). The summed E-state index contributed by atoms with van der Waals surface area (Å²) in [6, 6.07) is 9.93. The highest BCUT2D eigenvalue weighted by Gasteiger charge is 2.23. The number of carbonyl (C=O) groups excluding carboxylic acids is 1. The van der Waals surface area contributed by atoms with E-state index >= 15 is 0 Å². The lowest BCUT2D eigenvalue weighted by molar-refractivity contribution is -0.118. The Bertz CT molecular complexity index is 768. The Hall–Kier alpha value is -2.18. The van der Waals surface area contributed by atoms with E-state index in [4.69, 9.17) is 5.73 Å². The molecule has 25 heavy (non-hydrogen) atoms. The first-order valence-electron chi connectivity index (χ1n) is 8.50. The standard InChI is InChI=1S/C19H24N4OS/c1-22(2)10-4-11-23-16-8-7-15(13-14(16)6-9-18(23)24)21-19(20)17-5-3-12-25-17/h3,5,7-8,12-13H,4,6,9-11H2,1-2H3,(H2,20,21). The van der Waals surface area contributed by atoms with Crippen molar-refractivity contribution in [1.82, 2.24) is 4.90 Å². The summed E-state index contributed by atoms with van der Waals surface area (Å²) in [5.41, 5.74) is 9.11. The van der Waals surface area contributed by atoms with E-state index < -0.39 is 0 Å². The smallest absolute Gasteiger partial charge is 0.227 e. The van der Waals surface area contributed by atoms with Crippen molar-refractivity contribution < 1.29 is 4.79 Å². The van der Waals surface area contributed by atoms with Crippen LogP contribution in [0, 0.1) is 0 Å². The van der Waals surface area contributed by atoms with Crippen molar-refractivity contribution in [3.63, 3.8) is 0 Å². The third-order valence-corrected chi connectivity index (χ3v) is 5.17. The number of nitrogens with zero attached hydrogens (tertiary/aromatic N) is 3. The van der Waals surface area contributed by atoms with Gasteiger partial charge in [-0.1, -0.05) is 6.07 Å². The first-order valence-corrected chi connectivity index (χ1v) is 9.38. The Morgan fingerprint density at radius 1 is 1.32 bits per heavy atom. The van der Waals surface area contributed by atoms with E-state index in [1.165, 1.54) is 5.56 Å². The van der Waals surface area contributed by atoms with Gasteiger partial charge in [0.05, 0.1) is 10.6 Å². The number of thiophene rings is 1. The Morgan fingerprint density at radius 2 is 2.16 bits per heavy atom. The highest BCUT2D eigenvalue weighted by Crippen LogP contribution is 2.31. The molecule has 1 aromatic carbocycles. The second kappa shape index (κ2) is 7.80. The topological polar surface area (TPSA) is 61.9 Å². The van der Waals surface area contributed by atoms with Gasteiger partial charge in [0.25, 0.3) is 0 Å². The average Bonchev–Trinajstić information content (AvgIpc) is 3.11. The average molecular weight is 356 g/mol. The molecule has 2 N–H and O–H groups in total. The SMILES string of the molecule is CN(C)CCCN1C(=O)CCc2cc(N=C(N)c3cccs3)ccc21. The number of aliphatic imine (C=N–C) groups is 1. The molecule has 0 spiro atoms. The molecule has 1 aliphatic heterocycles. The minimum Gasteiger partial charge on any atom is -0.383 e. The number of hydrogen-bond donors (Lipinski definition) is 1. The van der Waals surface area contributed by atoms with Crippen LogP contribution in [0.25, 0.3) is 0 Å². The molecule has 0 unspecified atom stereocenters. The maximum absolute atomic E-state index is 12.3. The molecule has 2 aromatic rings. The zero-order valence-corrected chi connectivity index (χ0v) is 15.6. The van der Waals surface area contributed by atoms with Gasteiger partial charge >= 0.3 is 0 Å². The summed E-state index contributed by atoms with van der Waals surface area (Å²) in [4.78, 5) is 21.9. The Morgan fingerprint density at radius 3 is 2.88 bits per heavy atom. The van der Waals surface area contributed by atoms with Gasteiger partial charge in [0, 0.05) is 18.7 Å². The van der Waals surface area contributed by atoms with Gasteiger partial charge in [-0.05, 0) is 68.7 Å². The van der Waals surface area contributed by atoms with Crippen molar-refractivity contribution >= 4 is 34.5 Å². The molecular weight excluding hydrogens is 332 g/mol. The fraction of sp³-hybridized carbons (Fsp3) is 0.368. The summed E-state index contributed by atoms with van der Waals surface area (Å²) in [5, 5.41) is 1.99. The summed E-state index contributed by atoms with van der Waals surface area (Å²) in [5.74, 6) is 0.741. The van der Waals surface area contributed by atoms with Crippen LogP contribution in [0.2, 0.25) is 0 Å². The number of benzene rings is 1. The predicted molar refractivity (Wildman–Crippen MR) is 105 cm³/mol. The lowest BCUT2D eigenvalue weighted by Crippen LogP contribution is -2.36. The number of anilines is 1. The second-order valence-electron chi connectivity index (χ2n) is 6.49. The van der Waals surface area contributed by atoms with E-state index in [1.54, 1.807) is 11.3 Å². The molecule has 6 heteroatoms. The predicted octanol–water partition coefficient (Wildman–Crippen LogP) is 3.02. The molecule has 0 atom stereocenters. The molecular formula is C19H24N4OS. The number of amides is 1. The van der Waals surface area contributed by atoms with Gasteiger partial charge in [-0.2, -0.15) is 0 Å². The van der Waals surface area contributed by atoms with Crippen LogP contribution in [0.15, 0.2) is 40.7 Å². The van der Waals surface area contributed by atoms with Gasteiger partial charge < -0.3 is 15.5 Å². The number of nitrogens with two attached hydrogens (primary N) is 1. The highest BCUT2D eigenvalue weighted by molar-refractivity contribution is 7.12. The van der Waals surface area contributed by atoms with Crippen LogP contribution in [-0.2, 0) is 11.2 Å². The van der Waals surface area contributed by atoms with E-state index in [0.717, 1.165) is 42.2 Å². The summed E-state index contributed by atoms with van der Waals surface area (Å²) < 4.78 is 0. The van der Waals surface area contributed by atoms with Gasteiger partial charge in [-0.15, -0.1) is 11.3 Å². The first kappa shape index (κ1) is 17.6. The highest BCUT2D eigenvalue weighted by atomic mass is 32.1. The molecule has 0 aliphatic carbocycles. The number of carbonyl (C=O) groups is 1. The van der Waals surface area contributed by atoms with Gasteiger partial charge in [0.15, 0.2) is 0 Å². The van der Waals surface area contributed by atoms with Crippen molar-refractivity contribution in [2.45, 2.75) is 19.3 Å². The molecule has 0 fully saturated rings. The summed E-state index contributed by atoms with van der Waals surface area (Å²) in [7, 11) is 4.10. The third-order valence-electron chi connectivity index (χ3n) is 4.27. The number of amidine groups is 1. The van der Waals surface area contributed by atoms with Gasteiger partial charge in [-0.25, -0.2) is 4.99 Å². The largest absolute Gasteiger partial charge is 0.383 e. The van der Waals surface area contributed by atoms with Crippen LogP contribution in [0.3, 0.4) is 0 Å². The summed E-state index contributed by atoms with van der Waals surface area (Å²) in [6.45, 7) is 1.72. The summed E-state index contributed by atoms with van der Waals surface area (Å²) in [6.07, 6.45) is 2.28. The summed E-state index contributed by atoms with van der Waals surface area (Å²) >= 11 is 1.58. The van der Waals surface area contributed by atoms with Crippen molar-refractivity contribution in [3.8, 4) is 0 Å². The molecule has 2 heterocycles. The Kier molecular flexibility index (Phi) is 5.50. The zero-order chi connectivity index (χ0) is 17.8. The van der Waals surface area contributed by atoms with Crippen LogP contribution >= 0.6 is 11.3 Å². The van der Waals surface area contributed by atoms with Crippen molar-refractivity contribution in [2.75, 3.05) is 32.1 Å². The number of fused-ring (bicyclic) bond motifs is 1.